The van der Waals surface area contributed by atoms with Crippen molar-refractivity contribution in [2.45, 2.75) is 12.5 Å². The van der Waals surface area contributed by atoms with Gasteiger partial charge >= 0.3 is 0 Å². The fourth-order valence-electron chi connectivity index (χ4n) is 1.57. The molecule has 0 N–H and O–H groups in total. The summed E-state index contributed by atoms with van der Waals surface area (Å²) in [5.41, 5.74) is 1.11. The summed E-state index contributed by atoms with van der Waals surface area (Å²) in [6.45, 7) is 0.0649. The summed E-state index contributed by atoms with van der Waals surface area (Å²) < 4.78 is 5.47. The molecule has 20 heavy (non-hydrogen) atoms. The molecule has 0 fully saturated rings. The normalized spacial score (nSPS) is 10.3. The zero-order chi connectivity index (χ0) is 14.5. The van der Waals surface area contributed by atoms with E-state index in [-0.39, 0.29) is 12.3 Å². The van der Waals surface area contributed by atoms with Gasteiger partial charge in [-0.3, -0.25) is 15.1 Å². The molecule has 2 rings (SSSR count). The maximum Gasteiger partial charge on any atom is 0.277 e. The van der Waals surface area contributed by atoms with E-state index < -0.39 is 4.92 Å². The van der Waals surface area contributed by atoms with Gasteiger partial charge in [-0.2, -0.15) is 0 Å². The largest absolute Gasteiger partial charge is 0.487 e. The second-order valence-corrected chi connectivity index (χ2v) is 4.64. The Kier molecular flexibility index (Phi) is 4.76. The fourth-order valence-corrected chi connectivity index (χ4v) is 1.89. The van der Waals surface area contributed by atoms with E-state index in [2.05, 4.69) is 4.98 Å². The van der Waals surface area contributed by atoms with Crippen molar-refractivity contribution in [1.29, 1.82) is 0 Å². The van der Waals surface area contributed by atoms with Crippen LogP contribution >= 0.6 is 23.2 Å². The Labute approximate surface area is 125 Å². The van der Waals surface area contributed by atoms with Gasteiger partial charge < -0.3 is 4.74 Å². The van der Waals surface area contributed by atoms with Gasteiger partial charge in [0.25, 0.3) is 5.69 Å². The molecule has 0 atom stereocenters. The number of aromatic nitrogens is 1. The number of hydrogen-bond donors (Lipinski definition) is 0. The number of benzene rings is 1. The van der Waals surface area contributed by atoms with Crippen molar-refractivity contribution in [3.63, 3.8) is 0 Å². The first-order valence-electron chi connectivity index (χ1n) is 5.66. The second kappa shape index (κ2) is 6.54. The minimum atomic E-state index is -0.487. The minimum Gasteiger partial charge on any atom is -0.487 e. The molecule has 1 heterocycles. The van der Waals surface area contributed by atoms with E-state index in [4.69, 9.17) is 27.9 Å². The van der Waals surface area contributed by atoms with Crippen LogP contribution < -0.4 is 4.74 Å². The van der Waals surface area contributed by atoms with Crippen molar-refractivity contribution in [2.24, 2.45) is 0 Å². The highest BCUT2D eigenvalue weighted by Gasteiger charge is 2.14. The molecular formula is C13H10Cl2N2O3. The van der Waals surface area contributed by atoms with E-state index in [9.17, 15) is 10.1 Å². The van der Waals surface area contributed by atoms with Crippen LogP contribution in [0.15, 0.2) is 36.5 Å². The first-order chi connectivity index (χ1) is 9.60. The van der Waals surface area contributed by atoms with Crippen LogP contribution in [0.5, 0.6) is 5.75 Å². The molecule has 0 amide bonds. The molecule has 5 nitrogen and oxygen atoms in total. The molecule has 104 valence electrons. The highest BCUT2D eigenvalue weighted by molar-refractivity contribution is 6.30. The van der Waals surface area contributed by atoms with Gasteiger partial charge in [0.15, 0.2) is 0 Å². The van der Waals surface area contributed by atoms with Crippen LogP contribution in [-0.2, 0) is 12.5 Å². The fraction of sp³-hybridized carbons (Fsp3) is 0.154. The van der Waals surface area contributed by atoms with Crippen LogP contribution in [0.1, 0.15) is 11.3 Å². The lowest BCUT2D eigenvalue weighted by Gasteiger charge is -2.07. The summed E-state index contributed by atoms with van der Waals surface area (Å²) in [5.74, 6) is 0.839. The number of rotatable bonds is 5. The molecule has 0 spiro atoms. The van der Waals surface area contributed by atoms with Crippen LogP contribution in [0.25, 0.3) is 0 Å². The van der Waals surface area contributed by atoms with Crippen molar-refractivity contribution in [1.82, 2.24) is 4.98 Å². The first-order valence-corrected chi connectivity index (χ1v) is 6.58. The Bertz CT molecular complexity index is 618. The number of alkyl halides is 1. The number of halogens is 2. The Morgan fingerprint density at radius 3 is 2.70 bits per heavy atom. The number of nitrogens with zero attached hydrogens (tertiary/aromatic N) is 2. The van der Waals surface area contributed by atoms with E-state index in [0.717, 1.165) is 5.69 Å². The highest BCUT2D eigenvalue weighted by Crippen LogP contribution is 2.24. The van der Waals surface area contributed by atoms with Crippen LogP contribution in [0, 0.1) is 10.1 Å². The van der Waals surface area contributed by atoms with Crippen molar-refractivity contribution >= 4 is 28.9 Å². The van der Waals surface area contributed by atoms with Gasteiger partial charge in [0, 0.05) is 11.1 Å². The number of pyridine rings is 1. The third-order valence-electron chi connectivity index (χ3n) is 2.57. The van der Waals surface area contributed by atoms with E-state index in [1.807, 2.05) is 0 Å². The van der Waals surface area contributed by atoms with E-state index >= 15 is 0 Å². The van der Waals surface area contributed by atoms with Crippen molar-refractivity contribution in [3.8, 4) is 5.75 Å². The van der Waals surface area contributed by atoms with Crippen LogP contribution in [0.4, 0.5) is 5.69 Å². The average Bonchev–Trinajstić information content (AvgIpc) is 2.46. The van der Waals surface area contributed by atoms with Crippen LogP contribution in [0.3, 0.4) is 0 Å². The molecule has 1 aromatic carbocycles. The molecule has 0 saturated heterocycles. The molecule has 0 saturated carbocycles. The molecule has 0 radical (unpaired) electrons. The molecule has 0 unspecified atom stereocenters. The smallest absolute Gasteiger partial charge is 0.277 e. The lowest BCUT2D eigenvalue weighted by molar-refractivity contribution is -0.385. The standard InChI is InChI=1S/C13H10Cl2N2O3/c14-6-11-3-4-12(7-16-11)20-8-9-1-2-10(15)5-13(9)17(18)19/h1-5,7H,6,8H2. The highest BCUT2D eigenvalue weighted by atomic mass is 35.5. The molecule has 0 aliphatic carbocycles. The van der Waals surface area contributed by atoms with Crippen LogP contribution in [0.2, 0.25) is 5.02 Å². The predicted octanol–water partition coefficient (Wildman–Crippen LogP) is 3.96. The zero-order valence-electron chi connectivity index (χ0n) is 10.3. The molecule has 7 heteroatoms. The van der Waals surface area contributed by atoms with Gasteiger partial charge in [-0.05, 0) is 24.3 Å². The minimum absolute atomic E-state index is 0.0649. The number of hydrogen-bond acceptors (Lipinski definition) is 4. The van der Waals surface area contributed by atoms with Gasteiger partial charge in [0.1, 0.15) is 12.4 Å². The Balaban J connectivity index is 2.12. The first kappa shape index (κ1) is 14.6. The molecule has 2 aromatic rings. The van der Waals surface area contributed by atoms with Gasteiger partial charge in [0.05, 0.1) is 28.3 Å². The Morgan fingerprint density at radius 1 is 1.30 bits per heavy atom. The maximum atomic E-state index is 10.9. The average molecular weight is 313 g/mol. The number of nitro groups is 1. The molecular weight excluding hydrogens is 303 g/mol. The second-order valence-electron chi connectivity index (χ2n) is 3.94. The lowest BCUT2D eigenvalue weighted by atomic mass is 10.2. The van der Waals surface area contributed by atoms with Gasteiger partial charge in [-0.25, -0.2) is 0 Å². The molecule has 0 bridgehead atoms. The predicted molar refractivity (Wildman–Crippen MR) is 76.2 cm³/mol. The molecule has 0 aliphatic heterocycles. The quantitative estimate of drug-likeness (QED) is 0.476. The SMILES string of the molecule is O=[N+]([O-])c1cc(Cl)ccc1COc1ccc(CCl)nc1. The van der Waals surface area contributed by atoms with Gasteiger partial charge in [-0.15, -0.1) is 11.6 Å². The third kappa shape index (κ3) is 3.59. The topological polar surface area (TPSA) is 65.3 Å². The van der Waals surface area contributed by atoms with Gasteiger partial charge in [0.2, 0.25) is 0 Å². The summed E-state index contributed by atoms with van der Waals surface area (Å²) in [6, 6.07) is 7.91. The molecule has 0 aliphatic rings. The van der Waals surface area contributed by atoms with E-state index in [1.165, 1.54) is 12.3 Å². The van der Waals surface area contributed by atoms with Crippen molar-refractivity contribution in [3.05, 3.63) is 62.9 Å². The van der Waals surface area contributed by atoms with E-state index in [0.29, 0.717) is 22.2 Å². The molecule has 1 aromatic heterocycles. The number of ether oxygens (including phenoxy) is 1. The monoisotopic (exact) mass is 312 g/mol. The zero-order valence-corrected chi connectivity index (χ0v) is 11.8. The lowest BCUT2D eigenvalue weighted by Crippen LogP contribution is -2.01. The summed E-state index contributed by atoms with van der Waals surface area (Å²) >= 11 is 11.4. The summed E-state index contributed by atoms with van der Waals surface area (Å²) in [5, 5.41) is 11.2. The van der Waals surface area contributed by atoms with Crippen LogP contribution in [-0.4, -0.2) is 9.91 Å². The van der Waals surface area contributed by atoms with Crippen molar-refractivity contribution in [2.75, 3.05) is 0 Å². The number of nitro benzene ring substituents is 1. The Hall–Kier alpha value is -1.85. The summed E-state index contributed by atoms with van der Waals surface area (Å²) in [4.78, 5) is 14.5. The van der Waals surface area contributed by atoms with Gasteiger partial charge in [-0.1, -0.05) is 11.6 Å². The Morgan fingerprint density at radius 2 is 2.10 bits per heavy atom. The summed E-state index contributed by atoms with van der Waals surface area (Å²) in [6.07, 6.45) is 1.53. The third-order valence-corrected chi connectivity index (χ3v) is 3.08. The van der Waals surface area contributed by atoms with E-state index in [1.54, 1.807) is 24.3 Å². The van der Waals surface area contributed by atoms with Crippen molar-refractivity contribution < 1.29 is 9.66 Å². The summed E-state index contributed by atoms with van der Waals surface area (Å²) in [7, 11) is 0. The maximum absolute atomic E-state index is 10.9.